The molecule has 0 bridgehead atoms. The number of carbonyl (C=O) groups excluding carboxylic acids is 1. The molecule has 0 spiro atoms. The number of nitrogens with one attached hydrogen (secondary N) is 1. The first-order chi connectivity index (χ1) is 8.72. The normalized spacial score (nSPS) is 14.8. The Morgan fingerprint density at radius 2 is 1.84 bits per heavy atom. The molecule has 1 aromatic rings. The highest BCUT2D eigenvalue weighted by atomic mass is 19.4. The van der Waals surface area contributed by atoms with Crippen LogP contribution in [0, 0.1) is 0 Å². The molecule has 0 aliphatic carbocycles. The van der Waals surface area contributed by atoms with Crippen molar-refractivity contribution < 1.29 is 23.1 Å². The Morgan fingerprint density at radius 3 is 2.37 bits per heavy atom. The maximum atomic E-state index is 12.4. The molecular formula is C13H16F3NO2. The number of halogens is 3. The molecule has 0 radical (unpaired) electrons. The first-order valence-electron chi connectivity index (χ1n) is 5.82. The van der Waals surface area contributed by atoms with Gasteiger partial charge in [0.2, 0.25) is 5.91 Å². The highest BCUT2D eigenvalue weighted by Gasteiger charge is 2.50. The maximum absolute atomic E-state index is 12.4. The second-order valence-corrected chi connectivity index (χ2v) is 4.53. The molecular weight excluding hydrogens is 259 g/mol. The molecule has 0 saturated heterocycles. The van der Waals surface area contributed by atoms with Gasteiger partial charge in [-0.1, -0.05) is 30.3 Å². The zero-order chi connectivity index (χ0) is 14.5. The fraction of sp³-hybridized carbons (Fsp3) is 0.462. The van der Waals surface area contributed by atoms with Crippen LogP contribution >= 0.6 is 0 Å². The monoisotopic (exact) mass is 275 g/mol. The minimum atomic E-state index is -4.82. The lowest BCUT2D eigenvalue weighted by Crippen LogP contribution is -2.46. The van der Waals surface area contributed by atoms with E-state index >= 15 is 0 Å². The fourth-order valence-electron chi connectivity index (χ4n) is 1.47. The van der Waals surface area contributed by atoms with Crippen molar-refractivity contribution in [2.24, 2.45) is 0 Å². The van der Waals surface area contributed by atoms with E-state index in [4.69, 9.17) is 5.11 Å². The summed E-state index contributed by atoms with van der Waals surface area (Å²) in [5.74, 6) is -0.821. The van der Waals surface area contributed by atoms with E-state index in [0.29, 0.717) is 13.3 Å². The molecule has 0 heterocycles. The number of benzene rings is 1. The van der Waals surface area contributed by atoms with E-state index in [0.717, 1.165) is 5.56 Å². The molecule has 2 N–H and O–H groups in total. The van der Waals surface area contributed by atoms with Gasteiger partial charge >= 0.3 is 6.18 Å². The fourth-order valence-corrected chi connectivity index (χ4v) is 1.47. The summed E-state index contributed by atoms with van der Waals surface area (Å²) in [6, 6.07) is 9.25. The summed E-state index contributed by atoms with van der Waals surface area (Å²) >= 11 is 0. The first-order valence-corrected chi connectivity index (χ1v) is 5.82. The standard InChI is InChI=1S/C13H16F3NO2/c1-12(19,13(14,15)16)9-11(18)17-8-7-10-5-3-2-4-6-10/h2-6,19H,7-9H2,1H3,(H,17,18). The van der Waals surface area contributed by atoms with Crippen molar-refractivity contribution >= 4 is 5.91 Å². The van der Waals surface area contributed by atoms with Gasteiger partial charge in [-0.25, -0.2) is 0 Å². The largest absolute Gasteiger partial charge is 0.417 e. The van der Waals surface area contributed by atoms with Crippen LogP contribution < -0.4 is 5.32 Å². The molecule has 1 amide bonds. The molecule has 1 atom stereocenters. The van der Waals surface area contributed by atoms with E-state index in [1.165, 1.54) is 0 Å². The summed E-state index contributed by atoms with van der Waals surface area (Å²) in [7, 11) is 0. The van der Waals surface area contributed by atoms with Crippen LogP contribution in [0.5, 0.6) is 0 Å². The van der Waals surface area contributed by atoms with Gasteiger partial charge in [0.25, 0.3) is 0 Å². The Morgan fingerprint density at radius 1 is 1.26 bits per heavy atom. The smallest absolute Gasteiger partial charge is 0.380 e. The van der Waals surface area contributed by atoms with E-state index in [1.54, 1.807) is 0 Å². The van der Waals surface area contributed by atoms with Crippen LogP contribution in [0.25, 0.3) is 0 Å². The lowest BCUT2D eigenvalue weighted by molar-refractivity contribution is -0.253. The van der Waals surface area contributed by atoms with Crippen molar-refractivity contribution in [1.82, 2.24) is 5.32 Å². The summed E-state index contributed by atoms with van der Waals surface area (Å²) in [5.41, 5.74) is -2.02. The van der Waals surface area contributed by atoms with Crippen molar-refractivity contribution in [3.63, 3.8) is 0 Å². The summed E-state index contributed by atoms with van der Waals surface area (Å²) < 4.78 is 37.1. The van der Waals surface area contributed by atoms with Crippen LogP contribution in [0.4, 0.5) is 13.2 Å². The number of amides is 1. The molecule has 3 nitrogen and oxygen atoms in total. The third-order valence-corrected chi connectivity index (χ3v) is 2.69. The van der Waals surface area contributed by atoms with Crippen molar-refractivity contribution in [1.29, 1.82) is 0 Å². The van der Waals surface area contributed by atoms with Gasteiger partial charge in [0.1, 0.15) is 0 Å². The molecule has 106 valence electrons. The van der Waals surface area contributed by atoms with Crippen LogP contribution in [0.15, 0.2) is 30.3 Å². The number of carbonyl (C=O) groups is 1. The SMILES string of the molecule is CC(O)(CC(=O)NCCc1ccccc1)C(F)(F)F. The average molecular weight is 275 g/mol. The van der Waals surface area contributed by atoms with Crippen LogP contribution in [0.2, 0.25) is 0 Å². The van der Waals surface area contributed by atoms with Crippen molar-refractivity contribution in [2.75, 3.05) is 6.54 Å². The Balaban J connectivity index is 2.37. The van der Waals surface area contributed by atoms with E-state index < -0.39 is 24.1 Å². The summed E-state index contributed by atoms with van der Waals surface area (Å²) in [6.45, 7) is 0.820. The van der Waals surface area contributed by atoms with Crippen LogP contribution in [0.1, 0.15) is 18.9 Å². The quantitative estimate of drug-likeness (QED) is 0.864. The number of hydrogen-bond donors (Lipinski definition) is 2. The predicted octanol–water partition coefficient (Wildman–Crippen LogP) is 2.05. The second-order valence-electron chi connectivity index (χ2n) is 4.53. The highest BCUT2D eigenvalue weighted by molar-refractivity contribution is 5.77. The van der Waals surface area contributed by atoms with Crippen LogP contribution in [-0.2, 0) is 11.2 Å². The molecule has 19 heavy (non-hydrogen) atoms. The molecule has 0 fully saturated rings. The van der Waals surface area contributed by atoms with E-state index in [1.807, 2.05) is 30.3 Å². The molecule has 0 aliphatic heterocycles. The number of aliphatic hydroxyl groups is 1. The van der Waals surface area contributed by atoms with Gasteiger partial charge in [0.05, 0.1) is 6.42 Å². The number of hydrogen-bond acceptors (Lipinski definition) is 2. The maximum Gasteiger partial charge on any atom is 0.417 e. The van der Waals surface area contributed by atoms with Gasteiger partial charge < -0.3 is 10.4 Å². The number of alkyl halides is 3. The van der Waals surface area contributed by atoms with Gasteiger partial charge in [-0.05, 0) is 18.9 Å². The van der Waals surface area contributed by atoms with E-state index in [9.17, 15) is 18.0 Å². The van der Waals surface area contributed by atoms with Gasteiger partial charge in [0.15, 0.2) is 5.60 Å². The van der Waals surface area contributed by atoms with E-state index in [-0.39, 0.29) is 6.54 Å². The minimum Gasteiger partial charge on any atom is -0.380 e. The Hall–Kier alpha value is -1.56. The molecule has 0 aromatic heterocycles. The lowest BCUT2D eigenvalue weighted by atomic mass is 10.0. The topological polar surface area (TPSA) is 49.3 Å². The zero-order valence-electron chi connectivity index (χ0n) is 10.5. The average Bonchev–Trinajstić information content (AvgIpc) is 2.28. The molecule has 0 aliphatic rings. The van der Waals surface area contributed by atoms with Gasteiger partial charge in [-0.3, -0.25) is 4.79 Å². The van der Waals surface area contributed by atoms with Crippen molar-refractivity contribution in [3.05, 3.63) is 35.9 Å². The van der Waals surface area contributed by atoms with Gasteiger partial charge in [-0.15, -0.1) is 0 Å². The first kappa shape index (κ1) is 15.5. The Kier molecular flexibility index (Phi) is 4.94. The molecule has 1 aromatic carbocycles. The highest BCUT2D eigenvalue weighted by Crippen LogP contribution is 2.32. The number of rotatable bonds is 5. The molecule has 1 unspecified atom stereocenters. The zero-order valence-corrected chi connectivity index (χ0v) is 10.5. The second kappa shape index (κ2) is 6.06. The van der Waals surface area contributed by atoms with Gasteiger partial charge in [-0.2, -0.15) is 13.2 Å². The Bertz CT molecular complexity index is 416. The summed E-state index contributed by atoms with van der Waals surface area (Å²) in [4.78, 5) is 11.3. The van der Waals surface area contributed by atoms with Crippen molar-refractivity contribution in [3.8, 4) is 0 Å². The lowest BCUT2D eigenvalue weighted by Gasteiger charge is -2.25. The van der Waals surface area contributed by atoms with Gasteiger partial charge in [0, 0.05) is 6.54 Å². The molecule has 1 rings (SSSR count). The third-order valence-electron chi connectivity index (χ3n) is 2.69. The summed E-state index contributed by atoms with van der Waals surface area (Å²) in [5, 5.41) is 11.5. The van der Waals surface area contributed by atoms with Crippen molar-refractivity contribution in [2.45, 2.75) is 31.5 Å². The molecule has 6 heteroatoms. The van der Waals surface area contributed by atoms with Crippen LogP contribution in [0.3, 0.4) is 0 Å². The predicted molar refractivity (Wildman–Crippen MR) is 64.5 cm³/mol. The van der Waals surface area contributed by atoms with Crippen LogP contribution in [-0.4, -0.2) is 29.3 Å². The van der Waals surface area contributed by atoms with E-state index in [2.05, 4.69) is 5.32 Å². The third kappa shape index (κ3) is 4.90. The molecule has 0 saturated carbocycles. The minimum absolute atomic E-state index is 0.233. The summed E-state index contributed by atoms with van der Waals surface area (Å²) in [6.07, 6.45) is -5.28. The Labute approximate surface area is 109 Å².